The van der Waals surface area contributed by atoms with Crippen molar-refractivity contribution < 1.29 is 0 Å². The quantitative estimate of drug-likeness (QED) is 0.745. The molecule has 3 heteroatoms. The van der Waals surface area contributed by atoms with E-state index in [-0.39, 0.29) is 0 Å². The van der Waals surface area contributed by atoms with E-state index in [1.807, 2.05) is 11.8 Å². The molecule has 1 saturated heterocycles. The van der Waals surface area contributed by atoms with Gasteiger partial charge in [-0.15, -0.1) is 0 Å². The lowest BCUT2D eigenvalue weighted by Gasteiger charge is -2.42. The van der Waals surface area contributed by atoms with Gasteiger partial charge in [0.05, 0.1) is 0 Å². The minimum atomic E-state index is 0.297. The van der Waals surface area contributed by atoms with Gasteiger partial charge in [0.25, 0.3) is 0 Å². The van der Waals surface area contributed by atoms with Crippen LogP contribution < -0.4 is 5.32 Å². The van der Waals surface area contributed by atoms with Gasteiger partial charge >= 0.3 is 0 Å². The molecule has 1 rings (SSSR count). The third-order valence-corrected chi connectivity index (χ3v) is 3.45. The van der Waals surface area contributed by atoms with Crippen molar-refractivity contribution >= 4 is 11.8 Å². The molecule has 1 N–H and O–H groups in total. The molecule has 1 aliphatic rings. The van der Waals surface area contributed by atoms with Crippen molar-refractivity contribution in [2.24, 2.45) is 0 Å². The van der Waals surface area contributed by atoms with Gasteiger partial charge in [0.15, 0.2) is 0 Å². The number of thioether (sulfide) groups is 1. The van der Waals surface area contributed by atoms with E-state index in [0.29, 0.717) is 5.54 Å². The summed E-state index contributed by atoms with van der Waals surface area (Å²) in [6.45, 7) is 10.4. The van der Waals surface area contributed by atoms with Crippen LogP contribution >= 0.6 is 11.8 Å². The molecule has 1 aliphatic heterocycles. The van der Waals surface area contributed by atoms with Crippen LogP contribution in [0.2, 0.25) is 0 Å². The first-order chi connectivity index (χ1) is 6.05. The van der Waals surface area contributed by atoms with Crippen molar-refractivity contribution in [1.29, 1.82) is 0 Å². The Morgan fingerprint density at radius 2 is 2.23 bits per heavy atom. The van der Waals surface area contributed by atoms with E-state index in [1.54, 1.807) is 0 Å². The van der Waals surface area contributed by atoms with Gasteiger partial charge in [-0.2, -0.15) is 11.8 Å². The molecule has 1 fully saturated rings. The van der Waals surface area contributed by atoms with E-state index >= 15 is 0 Å². The largest absolute Gasteiger partial charge is 0.309 e. The molecule has 2 nitrogen and oxygen atoms in total. The Hall–Kier alpha value is 0.270. The molecule has 0 aromatic heterocycles. The van der Waals surface area contributed by atoms with Crippen LogP contribution in [0.3, 0.4) is 0 Å². The van der Waals surface area contributed by atoms with E-state index in [2.05, 4.69) is 37.2 Å². The van der Waals surface area contributed by atoms with Gasteiger partial charge in [0, 0.05) is 37.0 Å². The van der Waals surface area contributed by atoms with Crippen molar-refractivity contribution in [3.8, 4) is 0 Å². The van der Waals surface area contributed by atoms with Gasteiger partial charge in [0.2, 0.25) is 0 Å². The highest BCUT2D eigenvalue weighted by Crippen LogP contribution is 2.14. The van der Waals surface area contributed by atoms with Crippen LogP contribution in [0.5, 0.6) is 0 Å². The standard InChI is InChI=1S/C10H22N2S/c1-9(7-13-4)12-6-5-11-10(2,3)8-12/h9,11H,5-8H2,1-4H3. The first-order valence-corrected chi connectivity index (χ1v) is 6.42. The van der Waals surface area contributed by atoms with Crippen molar-refractivity contribution in [3.63, 3.8) is 0 Å². The summed E-state index contributed by atoms with van der Waals surface area (Å²) in [6.07, 6.45) is 2.18. The number of rotatable bonds is 3. The fourth-order valence-electron chi connectivity index (χ4n) is 1.90. The molecule has 0 aromatic rings. The van der Waals surface area contributed by atoms with Gasteiger partial charge < -0.3 is 5.32 Å². The predicted octanol–water partition coefficient (Wildman–Crippen LogP) is 1.42. The van der Waals surface area contributed by atoms with Gasteiger partial charge in [-0.1, -0.05) is 0 Å². The van der Waals surface area contributed by atoms with Crippen LogP contribution in [0.4, 0.5) is 0 Å². The number of piperazine rings is 1. The number of nitrogens with zero attached hydrogens (tertiary/aromatic N) is 1. The predicted molar refractivity (Wildman–Crippen MR) is 61.5 cm³/mol. The van der Waals surface area contributed by atoms with Crippen molar-refractivity contribution in [3.05, 3.63) is 0 Å². The SMILES string of the molecule is CSCC(C)N1CCNC(C)(C)C1. The molecule has 13 heavy (non-hydrogen) atoms. The lowest BCUT2D eigenvalue weighted by Crippen LogP contribution is -2.59. The molecule has 0 spiro atoms. The highest BCUT2D eigenvalue weighted by Gasteiger charge is 2.27. The molecule has 0 aromatic carbocycles. The Labute approximate surface area is 86.5 Å². The second kappa shape index (κ2) is 4.67. The van der Waals surface area contributed by atoms with E-state index < -0.39 is 0 Å². The molecule has 1 heterocycles. The summed E-state index contributed by atoms with van der Waals surface area (Å²) < 4.78 is 0. The molecule has 0 radical (unpaired) electrons. The Balaban J connectivity index is 2.42. The van der Waals surface area contributed by atoms with Gasteiger partial charge in [-0.05, 0) is 27.0 Å². The van der Waals surface area contributed by atoms with Crippen LogP contribution in [-0.4, -0.2) is 48.1 Å². The Kier molecular flexibility index (Phi) is 4.07. The summed E-state index contributed by atoms with van der Waals surface area (Å²) in [5.74, 6) is 1.25. The molecule has 1 unspecified atom stereocenters. The number of hydrogen-bond acceptors (Lipinski definition) is 3. The Morgan fingerprint density at radius 3 is 2.77 bits per heavy atom. The fraction of sp³-hybridized carbons (Fsp3) is 1.00. The maximum Gasteiger partial charge on any atom is 0.0252 e. The lowest BCUT2D eigenvalue weighted by atomic mass is 10.0. The summed E-state index contributed by atoms with van der Waals surface area (Å²) in [5.41, 5.74) is 0.297. The summed E-state index contributed by atoms with van der Waals surface area (Å²) in [6, 6.07) is 0.719. The Bertz CT molecular complexity index is 159. The van der Waals surface area contributed by atoms with E-state index in [1.165, 1.54) is 18.8 Å². The minimum absolute atomic E-state index is 0.297. The average molecular weight is 202 g/mol. The molecule has 0 saturated carbocycles. The zero-order valence-electron chi connectivity index (χ0n) is 9.26. The van der Waals surface area contributed by atoms with Crippen LogP contribution in [0.1, 0.15) is 20.8 Å². The average Bonchev–Trinajstić information content (AvgIpc) is 2.03. The maximum atomic E-state index is 3.54. The van der Waals surface area contributed by atoms with E-state index in [9.17, 15) is 0 Å². The van der Waals surface area contributed by atoms with Gasteiger partial charge in [0.1, 0.15) is 0 Å². The molecule has 78 valence electrons. The zero-order chi connectivity index (χ0) is 9.90. The smallest absolute Gasteiger partial charge is 0.0252 e. The maximum absolute atomic E-state index is 3.54. The number of nitrogens with one attached hydrogen (secondary N) is 1. The van der Waals surface area contributed by atoms with Crippen molar-refractivity contribution in [1.82, 2.24) is 10.2 Å². The minimum Gasteiger partial charge on any atom is -0.309 e. The summed E-state index contributed by atoms with van der Waals surface area (Å²) in [7, 11) is 0. The normalized spacial score (nSPS) is 25.8. The topological polar surface area (TPSA) is 15.3 Å². The first-order valence-electron chi connectivity index (χ1n) is 5.03. The molecular formula is C10H22N2S. The Morgan fingerprint density at radius 1 is 1.54 bits per heavy atom. The third-order valence-electron chi connectivity index (χ3n) is 2.63. The van der Waals surface area contributed by atoms with Crippen molar-refractivity contribution in [2.45, 2.75) is 32.4 Å². The van der Waals surface area contributed by atoms with Crippen LogP contribution in [0.25, 0.3) is 0 Å². The third kappa shape index (κ3) is 3.49. The molecule has 1 atom stereocenters. The lowest BCUT2D eigenvalue weighted by molar-refractivity contribution is 0.126. The molecular weight excluding hydrogens is 180 g/mol. The highest BCUT2D eigenvalue weighted by atomic mass is 32.2. The second-order valence-corrected chi connectivity index (χ2v) is 5.50. The first kappa shape index (κ1) is 11.3. The molecule has 0 bridgehead atoms. The molecule has 0 amide bonds. The van der Waals surface area contributed by atoms with Gasteiger partial charge in [-0.3, -0.25) is 4.90 Å². The van der Waals surface area contributed by atoms with Crippen molar-refractivity contribution in [2.75, 3.05) is 31.6 Å². The van der Waals surface area contributed by atoms with E-state index in [4.69, 9.17) is 0 Å². The fourth-order valence-corrected chi connectivity index (χ4v) is 2.60. The van der Waals surface area contributed by atoms with Crippen LogP contribution in [-0.2, 0) is 0 Å². The number of hydrogen-bond donors (Lipinski definition) is 1. The van der Waals surface area contributed by atoms with E-state index in [0.717, 1.165) is 12.6 Å². The van der Waals surface area contributed by atoms with Gasteiger partial charge in [-0.25, -0.2) is 0 Å². The summed E-state index contributed by atoms with van der Waals surface area (Å²) in [5, 5.41) is 3.54. The van der Waals surface area contributed by atoms with Crippen LogP contribution in [0, 0.1) is 0 Å². The molecule has 0 aliphatic carbocycles. The van der Waals surface area contributed by atoms with Crippen LogP contribution in [0.15, 0.2) is 0 Å². The second-order valence-electron chi connectivity index (χ2n) is 4.59. The zero-order valence-corrected chi connectivity index (χ0v) is 10.1. The highest BCUT2D eigenvalue weighted by molar-refractivity contribution is 7.98. The summed E-state index contributed by atoms with van der Waals surface area (Å²) in [4.78, 5) is 2.59. The summed E-state index contributed by atoms with van der Waals surface area (Å²) >= 11 is 1.94. The monoisotopic (exact) mass is 202 g/mol.